The minimum Gasteiger partial charge on any atom is -0.494 e. The third kappa shape index (κ3) is 3.81. The van der Waals surface area contributed by atoms with Crippen molar-refractivity contribution in [2.45, 2.75) is 29.9 Å². The van der Waals surface area contributed by atoms with E-state index in [1.165, 1.54) is 18.9 Å². The summed E-state index contributed by atoms with van der Waals surface area (Å²) in [4.78, 5) is 0. The van der Waals surface area contributed by atoms with E-state index >= 15 is 0 Å². The first-order chi connectivity index (χ1) is 9.65. The number of hydrogen-bond acceptors (Lipinski definition) is 5. The number of rotatable bonds is 5. The molecule has 3 N–H and O–H groups in total. The molecule has 0 spiro atoms. The van der Waals surface area contributed by atoms with Gasteiger partial charge in [0.2, 0.25) is 0 Å². The maximum absolute atomic E-state index is 13.7. The van der Waals surface area contributed by atoms with E-state index in [2.05, 4.69) is 12.3 Å². The molecule has 1 fully saturated rings. The number of hydrazine groups is 1. The second kappa shape index (κ2) is 7.54. The van der Waals surface area contributed by atoms with Gasteiger partial charge in [-0.15, -0.1) is 0 Å². The first-order valence-corrected chi connectivity index (χ1v) is 8.77. The Labute approximate surface area is 128 Å². The van der Waals surface area contributed by atoms with Crippen LogP contribution < -0.4 is 16.0 Å². The summed E-state index contributed by atoms with van der Waals surface area (Å²) in [6.07, 6.45) is 0.722. The molecule has 0 saturated carbocycles. The number of thioether (sulfide) groups is 2. The summed E-state index contributed by atoms with van der Waals surface area (Å²) in [5.41, 5.74) is 3.85. The quantitative estimate of drug-likeness (QED) is 0.645. The highest BCUT2D eigenvalue weighted by Crippen LogP contribution is 2.34. The van der Waals surface area contributed by atoms with Crippen LogP contribution in [0.1, 0.15) is 12.5 Å². The molecule has 0 radical (unpaired) electrons. The molecule has 1 aromatic carbocycles. The largest absolute Gasteiger partial charge is 0.494 e. The Balaban J connectivity index is 2.07. The number of methoxy groups -OCH3 is 1. The van der Waals surface area contributed by atoms with E-state index in [0.717, 1.165) is 17.7 Å². The summed E-state index contributed by atoms with van der Waals surface area (Å²) < 4.78 is 18.7. The van der Waals surface area contributed by atoms with Crippen LogP contribution in [0.5, 0.6) is 5.75 Å². The van der Waals surface area contributed by atoms with E-state index in [-0.39, 0.29) is 17.6 Å². The van der Waals surface area contributed by atoms with Crippen molar-refractivity contribution in [2.24, 2.45) is 5.84 Å². The topological polar surface area (TPSA) is 47.3 Å². The van der Waals surface area contributed by atoms with Gasteiger partial charge in [-0.1, -0.05) is 13.0 Å². The molecule has 1 saturated heterocycles. The molecule has 2 rings (SSSR count). The van der Waals surface area contributed by atoms with Crippen LogP contribution in [-0.2, 0) is 6.42 Å². The predicted octanol–water partition coefficient (Wildman–Crippen LogP) is 2.45. The lowest BCUT2D eigenvalue weighted by atomic mass is 10.0. The van der Waals surface area contributed by atoms with Crippen molar-refractivity contribution in [3.63, 3.8) is 0 Å². The summed E-state index contributed by atoms with van der Waals surface area (Å²) in [6, 6.07) is 5.26. The second-order valence-corrected chi connectivity index (χ2v) is 7.63. The van der Waals surface area contributed by atoms with E-state index in [9.17, 15) is 4.39 Å². The average Bonchev–Trinajstić information content (AvgIpc) is 2.46. The number of nitrogens with two attached hydrogens (primary N) is 1. The number of nitrogens with one attached hydrogen (secondary N) is 1. The van der Waals surface area contributed by atoms with Gasteiger partial charge in [0.15, 0.2) is 11.6 Å². The van der Waals surface area contributed by atoms with E-state index in [1.54, 1.807) is 6.07 Å². The van der Waals surface area contributed by atoms with Crippen molar-refractivity contribution in [3.05, 3.63) is 29.6 Å². The fourth-order valence-corrected chi connectivity index (χ4v) is 5.40. The molecule has 112 valence electrons. The average molecular weight is 316 g/mol. The van der Waals surface area contributed by atoms with Gasteiger partial charge >= 0.3 is 0 Å². The lowest BCUT2D eigenvalue weighted by molar-refractivity contribution is 0.385. The van der Waals surface area contributed by atoms with Crippen LogP contribution in [0.3, 0.4) is 0 Å². The van der Waals surface area contributed by atoms with Crippen LogP contribution in [0.2, 0.25) is 0 Å². The normalized spacial score (nSPS) is 24.4. The third-order valence-corrected chi connectivity index (χ3v) is 6.77. The zero-order valence-electron chi connectivity index (χ0n) is 11.8. The smallest absolute Gasteiger partial charge is 0.165 e. The lowest BCUT2D eigenvalue weighted by Gasteiger charge is -2.34. The Morgan fingerprint density at radius 1 is 1.45 bits per heavy atom. The molecule has 6 heteroatoms. The maximum atomic E-state index is 13.7. The van der Waals surface area contributed by atoms with Crippen molar-refractivity contribution in [2.75, 3.05) is 18.6 Å². The third-order valence-electron chi connectivity index (χ3n) is 3.52. The summed E-state index contributed by atoms with van der Waals surface area (Å²) in [7, 11) is 1.47. The van der Waals surface area contributed by atoms with Crippen LogP contribution in [0.15, 0.2) is 18.2 Å². The molecule has 1 aromatic rings. The Bertz CT molecular complexity index is 447. The van der Waals surface area contributed by atoms with E-state index < -0.39 is 0 Å². The minimum atomic E-state index is -0.320. The standard InChI is InChI=1S/C14H21FN2OS2/c1-9-14(20-6-5-19-9)12(17-16)8-10-3-4-13(18-2)11(15)7-10/h3-4,7,9,12,14,17H,5-6,8,16H2,1-2H3. The summed E-state index contributed by atoms with van der Waals surface area (Å²) in [5.74, 6) is 8.02. The number of hydrogen-bond donors (Lipinski definition) is 2. The first kappa shape index (κ1) is 15.9. The highest BCUT2D eigenvalue weighted by Gasteiger charge is 2.29. The molecule has 0 aliphatic carbocycles. The lowest BCUT2D eigenvalue weighted by Crippen LogP contribution is -2.48. The van der Waals surface area contributed by atoms with Crippen LogP contribution >= 0.6 is 23.5 Å². The summed E-state index contributed by atoms with van der Waals surface area (Å²) >= 11 is 3.93. The van der Waals surface area contributed by atoms with Gasteiger partial charge in [-0.2, -0.15) is 23.5 Å². The molecule has 0 aromatic heterocycles. The Morgan fingerprint density at radius 2 is 2.20 bits per heavy atom. The highest BCUT2D eigenvalue weighted by atomic mass is 32.2. The molecule has 0 bridgehead atoms. The molecule has 0 amide bonds. The van der Waals surface area contributed by atoms with Gasteiger partial charge in [0.25, 0.3) is 0 Å². The van der Waals surface area contributed by atoms with Crippen LogP contribution in [0.4, 0.5) is 4.39 Å². The van der Waals surface area contributed by atoms with Gasteiger partial charge < -0.3 is 4.74 Å². The molecule has 20 heavy (non-hydrogen) atoms. The maximum Gasteiger partial charge on any atom is 0.165 e. The Morgan fingerprint density at radius 3 is 2.80 bits per heavy atom. The molecule has 1 heterocycles. The van der Waals surface area contributed by atoms with Crippen molar-refractivity contribution < 1.29 is 9.13 Å². The highest BCUT2D eigenvalue weighted by molar-refractivity contribution is 8.07. The van der Waals surface area contributed by atoms with Gasteiger partial charge in [0.1, 0.15) is 0 Å². The molecule has 3 unspecified atom stereocenters. The van der Waals surface area contributed by atoms with E-state index in [4.69, 9.17) is 10.6 Å². The zero-order valence-corrected chi connectivity index (χ0v) is 13.4. The van der Waals surface area contributed by atoms with Crippen molar-refractivity contribution in [1.29, 1.82) is 0 Å². The zero-order chi connectivity index (χ0) is 14.5. The SMILES string of the molecule is COc1ccc(CC(NN)C2SCCSC2C)cc1F. The fourth-order valence-electron chi connectivity index (χ4n) is 2.45. The van der Waals surface area contributed by atoms with Gasteiger partial charge in [0.05, 0.1) is 7.11 Å². The number of benzene rings is 1. The molecular weight excluding hydrogens is 295 g/mol. The summed E-state index contributed by atoms with van der Waals surface area (Å²) in [6.45, 7) is 2.24. The van der Waals surface area contributed by atoms with E-state index in [1.807, 2.05) is 29.6 Å². The fraction of sp³-hybridized carbons (Fsp3) is 0.571. The molecule has 1 aliphatic heterocycles. The molecular formula is C14H21FN2OS2. The van der Waals surface area contributed by atoms with Gasteiger partial charge in [-0.3, -0.25) is 11.3 Å². The minimum absolute atomic E-state index is 0.149. The van der Waals surface area contributed by atoms with Crippen molar-refractivity contribution in [3.8, 4) is 5.75 Å². The molecule has 1 aliphatic rings. The van der Waals surface area contributed by atoms with E-state index in [0.29, 0.717) is 10.5 Å². The van der Waals surface area contributed by atoms with Crippen molar-refractivity contribution in [1.82, 2.24) is 5.43 Å². The van der Waals surface area contributed by atoms with Crippen LogP contribution in [0, 0.1) is 5.82 Å². The van der Waals surface area contributed by atoms with Gasteiger partial charge in [0, 0.05) is 28.0 Å². The van der Waals surface area contributed by atoms with Gasteiger partial charge in [-0.05, 0) is 24.1 Å². The monoisotopic (exact) mass is 316 g/mol. The summed E-state index contributed by atoms with van der Waals surface area (Å²) in [5, 5.41) is 1.00. The van der Waals surface area contributed by atoms with Crippen molar-refractivity contribution >= 4 is 23.5 Å². The predicted molar refractivity (Wildman–Crippen MR) is 85.9 cm³/mol. The number of ether oxygens (including phenoxy) is 1. The Hall–Kier alpha value is -0.430. The second-order valence-electron chi connectivity index (χ2n) is 4.86. The number of halogens is 1. The van der Waals surface area contributed by atoms with Crippen LogP contribution in [-0.4, -0.2) is 35.2 Å². The van der Waals surface area contributed by atoms with Gasteiger partial charge in [-0.25, -0.2) is 4.39 Å². The first-order valence-electron chi connectivity index (χ1n) is 6.67. The van der Waals surface area contributed by atoms with Crippen LogP contribution in [0.25, 0.3) is 0 Å². The Kier molecular flexibility index (Phi) is 6.01. The molecule has 3 atom stereocenters. The molecule has 3 nitrogen and oxygen atoms in total.